The first-order chi connectivity index (χ1) is 8.04. The molecule has 0 aliphatic heterocycles. The number of aryl methyl sites for hydroxylation is 1. The molecule has 0 spiro atoms. The van der Waals surface area contributed by atoms with Gasteiger partial charge in [0.15, 0.2) is 5.16 Å². The van der Waals surface area contributed by atoms with E-state index in [1.54, 1.807) is 6.20 Å². The molecule has 1 aromatic rings. The third-order valence-electron chi connectivity index (χ3n) is 2.59. The molecule has 1 heterocycles. The Morgan fingerprint density at radius 1 is 1.65 bits per heavy atom. The van der Waals surface area contributed by atoms with Crippen LogP contribution in [0.1, 0.15) is 12.6 Å². The number of likely N-dealkylation sites (N-methyl/N-ethyl adjacent to an activating group) is 1. The van der Waals surface area contributed by atoms with Crippen molar-refractivity contribution in [2.75, 3.05) is 25.9 Å². The minimum atomic E-state index is -0.812. The normalized spacial score (nSPS) is 11.1. The summed E-state index contributed by atoms with van der Waals surface area (Å²) in [6.45, 7) is 6.89. The van der Waals surface area contributed by atoms with Crippen molar-refractivity contribution in [1.82, 2.24) is 14.5 Å². The van der Waals surface area contributed by atoms with E-state index in [0.717, 1.165) is 30.5 Å². The predicted molar refractivity (Wildman–Crippen MR) is 68.5 cm³/mol. The zero-order valence-electron chi connectivity index (χ0n) is 10.5. The Labute approximate surface area is 106 Å². The van der Waals surface area contributed by atoms with Crippen LogP contribution in [-0.2, 0) is 11.3 Å². The molecule has 17 heavy (non-hydrogen) atoms. The van der Waals surface area contributed by atoms with Crippen LogP contribution < -0.4 is 0 Å². The first-order valence-electron chi connectivity index (χ1n) is 5.59. The van der Waals surface area contributed by atoms with Gasteiger partial charge in [0.2, 0.25) is 0 Å². The Kier molecular flexibility index (Phi) is 5.50. The number of hydrogen-bond donors (Lipinski definition) is 1. The van der Waals surface area contributed by atoms with E-state index >= 15 is 0 Å². The summed E-state index contributed by atoms with van der Waals surface area (Å²) in [7, 11) is 2.07. The average Bonchev–Trinajstić information content (AvgIpc) is 2.64. The number of thioether (sulfide) groups is 1. The number of carboxylic acid groups (broad SMARTS) is 1. The van der Waals surface area contributed by atoms with Crippen molar-refractivity contribution < 1.29 is 9.90 Å². The molecule has 0 aliphatic carbocycles. The van der Waals surface area contributed by atoms with Gasteiger partial charge in [-0.1, -0.05) is 18.7 Å². The highest BCUT2D eigenvalue weighted by Gasteiger charge is 2.09. The highest BCUT2D eigenvalue weighted by Crippen LogP contribution is 2.17. The van der Waals surface area contributed by atoms with E-state index in [-0.39, 0.29) is 5.75 Å². The van der Waals surface area contributed by atoms with Gasteiger partial charge in [-0.15, -0.1) is 0 Å². The number of carbonyl (C=O) groups is 1. The van der Waals surface area contributed by atoms with Crippen LogP contribution in [0.15, 0.2) is 11.4 Å². The Bertz CT molecular complexity index is 379. The highest BCUT2D eigenvalue weighted by atomic mass is 32.2. The van der Waals surface area contributed by atoms with Gasteiger partial charge in [-0.05, 0) is 20.5 Å². The van der Waals surface area contributed by atoms with E-state index in [2.05, 4.69) is 28.4 Å². The van der Waals surface area contributed by atoms with Gasteiger partial charge in [0.05, 0.1) is 5.75 Å². The summed E-state index contributed by atoms with van der Waals surface area (Å²) in [5.74, 6) is -0.757. The number of nitrogens with zero attached hydrogens (tertiary/aromatic N) is 3. The lowest BCUT2D eigenvalue weighted by atomic mass is 10.5. The molecule has 0 atom stereocenters. The van der Waals surface area contributed by atoms with Crippen LogP contribution in [0.2, 0.25) is 0 Å². The fourth-order valence-corrected chi connectivity index (χ4v) is 2.15. The molecule has 0 fully saturated rings. The quantitative estimate of drug-likeness (QED) is 0.747. The molecule has 0 saturated heterocycles. The zero-order chi connectivity index (χ0) is 12.8. The van der Waals surface area contributed by atoms with Gasteiger partial charge >= 0.3 is 5.97 Å². The maximum atomic E-state index is 10.5. The van der Waals surface area contributed by atoms with Crippen molar-refractivity contribution in [2.45, 2.75) is 25.5 Å². The lowest BCUT2D eigenvalue weighted by molar-refractivity contribution is -0.133. The van der Waals surface area contributed by atoms with Crippen LogP contribution in [0, 0.1) is 6.92 Å². The molecular formula is C11H19N3O2S. The first kappa shape index (κ1) is 14.1. The summed E-state index contributed by atoms with van der Waals surface area (Å²) in [6.07, 6.45) is 1.79. The van der Waals surface area contributed by atoms with Crippen molar-refractivity contribution in [3.8, 4) is 0 Å². The Morgan fingerprint density at radius 3 is 2.94 bits per heavy atom. The fraction of sp³-hybridized carbons (Fsp3) is 0.636. The summed E-state index contributed by atoms with van der Waals surface area (Å²) in [5, 5.41) is 9.45. The summed E-state index contributed by atoms with van der Waals surface area (Å²) in [6, 6.07) is 0. The topological polar surface area (TPSA) is 58.4 Å². The molecule has 0 saturated carbocycles. The molecule has 0 amide bonds. The van der Waals surface area contributed by atoms with Crippen molar-refractivity contribution in [3.05, 3.63) is 11.9 Å². The third kappa shape index (κ3) is 4.40. The van der Waals surface area contributed by atoms with E-state index in [1.165, 1.54) is 11.8 Å². The van der Waals surface area contributed by atoms with E-state index in [0.29, 0.717) is 0 Å². The maximum absolute atomic E-state index is 10.5. The van der Waals surface area contributed by atoms with Crippen molar-refractivity contribution in [3.63, 3.8) is 0 Å². The van der Waals surface area contributed by atoms with Crippen molar-refractivity contribution >= 4 is 17.7 Å². The molecule has 5 nitrogen and oxygen atoms in total. The number of hydrogen-bond acceptors (Lipinski definition) is 4. The first-order valence-corrected chi connectivity index (χ1v) is 6.58. The largest absolute Gasteiger partial charge is 0.481 e. The summed E-state index contributed by atoms with van der Waals surface area (Å²) in [4.78, 5) is 17.0. The van der Waals surface area contributed by atoms with E-state index < -0.39 is 5.97 Å². The lowest BCUT2D eigenvalue weighted by Gasteiger charge is -2.16. The summed E-state index contributed by atoms with van der Waals surface area (Å²) < 4.78 is 2.07. The third-order valence-corrected chi connectivity index (χ3v) is 3.56. The van der Waals surface area contributed by atoms with Crippen molar-refractivity contribution in [1.29, 1.82) is 0 Å². The van der Waals surface area contributed by atoms with Gasteiger partial charge in [0.1, 0.15) is 0 Å². The van der Waals surface area contributed by atoms with Crippen LogP contribution in [0.5, 0.6) is 0 Å². The fourth-order valence-electron chi connectivity index (χ4n) is 1.38. The zero-order valence-corrected chi connectivity index (χ0v) is 11.3. The van der Waals surface area contributed by atoms with Gasteiger partial charge in [0.25, 0.3) is 0 Å². The average molecular weight is 257 g/mol. The van der Waals surface area contributed by atoms with E-state index in [1.807, 2.05) is 6.92 Å². The second kappa shape index (κ2) is 6.66. The van der Waals surface area contributed by atoms with E-state index in [9.17, 15) is 4.79 Å². The highest BCUT2D eigenvalue weighted by molar-refractivity contribution is 7.99. The summed E-state index contributed by atoms with van der Waals surface area (Å²) in [5.41, 5.74) is 1.07. The molecule has 0 radical (unpaired) electrons. The minimum absolute atomic E-state index is 0.0556. The number of aromatic nitrogens is 2. The van der Waals surface area contributed by atoms with Gasteiger partial charge in [-0.2, -0.15) is 0 Å². The number of rotatable bonds is 7. The Balaban J connectivity index is 2.62. The molecule has 0 unspecified atom stereocenters. The number of carboxylic acids is 1. The SMILES string of the molecule is CCN(C)CCn1c(C)cnc1SCC(=O)O. The van der Waals surface area contributed by atoms with Gasteiger partial charge in [-0.3, -0.25) is 4.79 Å². The van der Waals surface area contributed by atoms with Crippen molar-refractivity contribution in [2.24, 2.45) is 0 Å². The second-order valence-corrected chi connectivity index (χ2v) is 4.85. The maximum Gasteiger partial charge on any atom is 0.313 e. The summed E-state index contributed by atoms with van der Waals surface area (Å²) >= 11 is 1.27. The molecule has 96 valence electrons. The van der Waals surface area contributed by atoms with Crippen LogP contribution >= 0.6 is 11.8 Å². The molecule has 1 aromatic heterocycles. The number of imidazole rings is 1. The molecule has 0 aromatic carbocycles. The molecule has 0 bridgehead atoms. The van der Waals surface area contributed by atoms with Crippen LogP contribution in [-0.4, -0.2) is 51.4 Å². The van der Waals surface area contributed by atoms with Gasteiger partial charge in [0, 0.05) is 25.0 Å². The monoisotopic (exact) mass is 257 g/mol. The molecular weight excluding hydrogens is 238 g/mol. The Morgan fingerprint density at radius 2 is 2.35 bits per heavy atom. The number of aliphatic carboxylic acids is 1. The predicted octanol–water partition coefficient (Wildman–Crippen LogP) is 1.32. The lowest BCUT2D eigenvalue weighted by Crippen LogP contribution is -2.23. The molecule has 6 heteroatoms. The molecule has 1 rings (SSSR count). The molecule has 1 N–H and O–H groups in total. The standard InChI is InChI=1S/C11H19N3O2S/c1-4-13(3)5-6-14-9(2)7-12-11(14)17-8-10(15)16/h7H,4-6,8H2,1-3H3,(H,15,16). The van der Waals surface area contributed by atoms with E-state index in [4.69, 9.17) is 5.11 Å². The van der Waals surface area contributed by atoms with Crippen LogP contribution in [0.25, 0.3) is 0 Å². The second-order valence-electron chi connectivity index (χ2n) is 3.91. The van der Waals surface area contributed by atoms with Gasteiger partial charge < -0.3 is 14.6 Å². The molecule has 0 aliphatic rings. The van der Waals surface area contributed by atoms with Gasteiger partial charge in [-0.25, -0.2) is 4.98 Å². The Hall–Kier alpha value is -1.01. The van der Waals surface area contributed by atoms with Crippen LogP contribution in [0.3, 0.4) is 0 Å². The smallest absolute Gasteiger partial charge is 0.313 e. The minimum Gasteiger partial charge on any atom is -0.481 e. The van der Waals surface area contributed by atoms with Crippen LogP contribution in [0.4, 0.5) is 0 Å².